The van der Waals surface area contributed by atoms with Gasteiger partial charge in [-0.3, -0.25) is 24.0 Å². The minimum absolute atomic E-state index is 0.0217. The van der Waals surface area contributed by atoms with Crippen molar-refractivity contribution in [2.24, 2.45) is 0 Å². The number of nitro benzene ring substituents is 1. The highest BCUT2D eigenvalue weighted by Crippen LogP contribution is 2.36. The highest BCUT2D eigenvalue weighted by molar-refractivity contribution is 7.92. The number of methoxy groups -OCH3 is 1. The molecule has 2 amide bonds. The van der Waals surface area contributed by atoms with Crippen molar-refractivity contribution in [3.63, 3.8) is 0 Å². The zero-order valence-corrected chi connectivity index (χ0v) is 30.4. The standard InChI is InChI=1S/C37H41ClN4O7S/c1-25-11-10-14-28(19-25)23-40(33(36(44)39-37(3,4)5)20-27-12-8-7-9-13-27)35(43)24-41(32-21-29(38)16-18-34(32)49-6)50(47,48)30-17-15-26(2)31(22-30)42(45)46/h7-19,21-22,33H,20,23-24H2,1-6H3,(H,39,44). The van der Waals surface area contributed by atoms with Crippen molar-refractivity contribution < 1.29 is 27.7 Å². The van der Waals surface area contributed by atoms with E-state index in [2.05, 4.69) is 5.32 Å². The fourth-order valence-electron chi connectivity index (χ4n) is 5.46. The van der Waals surface area contributed by atoms with Gasteiger partial charge in [0.1, 0.15) is 18.3 Å². The van der Waals surface area contributed by atoms with Gasteiger partial charge >= 0.3 is 0 Å². The molecule has 264 valence electrons. The molecule has 50 heavy (non-hydrogen) atoms. The van der Waals surface area contributed by atoms with Gasteiger partial charge in [-0.05, 0) is 70.0 Å². The van der Waals surface area contributed by atoms with Gasteiger partial charge in [0.25, 0.3) is 15.7 Å². The molecule has 0 bridgehead atoms. The second-order valence-corrected chi connectivity index (χ2v) is 15.3. The lowest BCUT2D eigenvalue weighted by atomic mass is 10.0. The number of nitrogens with zero attached hydrogens (tertiary/aromatic N) is 3. The van der Waals surface area contributed by atoms with Gasteiger partial charge in [-0.15, -0.1) is 0 Å². The molecular weight excluding hydrogens is 680 g/mol. The van der Waals surface area contributed by atoms with Gasteiger partial charge in [-0.2, -0.15) is 0 Å². The van der Waals surface area contributed by atoms with Crippen molar-refractivity contribution in [1.82, 2.24) is 10.2 Å². The summed E-state index contributed by atoms with van der Waals surface area (Å²) in [7, 11) is -3.34. The second-order valence-electron chi connectivity index (χ2n) is 13.0. The van der Waals surface area contributed by atoms with E-state index in [0.717, 1.165) is 27.1 Å². The number of nitro groups is 1. The zero-order valence-electron chi connectivity index (χ0n) is 28.8. The predicted molar refractivity (Wildman–Crippen MR) is 194 cm³/mol. The first-order valence-corrected chi connectivity index (χ1v) is 17.6. The van der Waals surface area contributed by atoms with Gasteiger partial charge in [0, 0.05) is 35.2 Å². The maximum Gasteiger partial charge on any atom is 0.273 e. The molecule has 0 aromatic heterocycles. The lowest BCUT2D eigenvalue weighted by molar-refractivity contribution is -0.385. The number of ether oxygens (including phenoxy) is 1. The Hall–Kier alpha value is -4.94. The maximum absolute atomic E-state index is 14.8. The molecule has 1 atom stereocenters. The third-order valence-corrected chi connectivity index (χ3v) is 9.85. The normalized spacial score (nSPS) is 12.1. The number of hydrogen-bond acceptors (Lipinski definition) is 7. The largest absolute Gasteiger partial charge is 0.495 e. The second kappa shape index (κ2) is 15.7. The smallest absolute Gasteiger partial charge is 0.273 e. The molecule has 0 aliphatic heterocycles. The van der Waals surface area contributed by atoms with Crippen LogP contribution in [0.4, 0.5) is 11.4 Å². The monoisotopic (exact) mass is 720 g/mol. The molecule has 0 radical (unpaired) electrons. The van der Waals surface area contributed by atoms with E-state index in [4.69, 9.17) is 16.3 Å². The highest BCUT2D eigenvalue weighted by atomic mass is 35.5. The number of amides is 2. The molecule has 13 heteroatoms. The summed E-state index contributed by atoms with van der Waals surface area (Å²) in [5.74, 6) is -1.04. The fourth-order valence-corrected chi connectivity index (χ4v) is 7.06. The molecule has 0 heterocycles. The average Bonchev–Trinajstić information content (AvgIpc) is 3.04. The van der Waals surface area contributed by atoms with E-state index < -0.39 is 55.5 Å². The number of carbonyl (C=O) groups excluding carboxylic acids is 2. The predicted octanol–water partition coefficient (Wildman–Crippen LogP) is 6.62. The van der Waals surface area contributed by atoms with Crippen LogP contribution in [0, 0.1) is 24.0 Å². The summed E-state index contributed by atoms with van der Waals surface area (Å²) >= 11 is 6.35. The molecule has 0 aliphatic carbocycles. The Morgan fingerprint density at radius 3 is 2.24 bits per heavy atom. The molecule has 0 fully saturated rings. The summed E-state index contributed by atoms with van der Waals surface area (Å²) in [6, 6.07) is 23.5. The van der Waals surface area contributed by atoms with Gasteiger partial charge in [-0.1, -0.05) is 77.8 Å². The summed E-state index contributed by atoms with van der Waals surface area (Å²) in [5, 5.41) is 15.0. The van der Waals surface area contributed by atoms with Crippen LogP contribution in [0.25, 0.3) is 0 Å². The lowest BCUT2D eigenvalue weighted by Gasteiger charge is -2.35. The topological polar surface area (TPSA) is 139 Å². The molecule has 4 rings (SSSR count). The Morgan fingerprint density at radius 1 is 0.940 bits per heavy atom. The van der Waals surface area contributed by atoms with Gasteiger partial charge in [-0.25, -0.2) is 8.42 Å². The summed E-state index contributed by atoms with van der Waals surface area (Å²) in [4.78, 5) is 40.9. The number of anilines is 1. The van der Waals surface area contributed by atoms with Gasteiger partial charge in [0.05, 0.1) is 22.6 Å². The summed E-state index contributed by atoms with van der Waals surface area (Å²) < 4.78 is 35.3. The fraction of sp³-hybridized carbons (Fsp3) is 0.297. The van der Waals surface area contributed by atoms with Crippen molar-refractivity contribution in [3.05, 3.63) is 128 Å². The molecule has 4 aromatic carbocycles. The van der Waals surface area contributed by atoms with E-state index in [1.807, 2.05) is 82.3 Å². The number of halogens is 1. The van der Waals surface area contributed by atoms with E-state index in [1.54, 1.807) is 0 Å². The number of hydrogen-bond donors (Lipinski definition) is 1. The van der Waals surface area contributed by atoms with Crippen LogP contribution in [-0.2, 0) is 32.6 Å². The summed E-state index contributed by atoms with van der Waals surface area (Å²) in [6.45, 7) is 8.08. The number of rotatable bonds is 13. The third-order valence-electron chi connectivity index (χ3n) is 7.86. The van der Waals surface area contributed by atoms with E-state index in [-0.39, 0.29) is 35.0 Å². The third kappa shape index (κ3) is 9.39. The Morgan fingerprint density at radius 2 is 1.62 bits per heavy atom. The first-order valence-electron chi connectivity index (χ1n) is 15.8. The minimum atomic E-state index is -4.68. The van der Waals surface area contributed by atoms with Gasteiger partial charge < -0.3 is 15.0 Å². The van der Waals surface area contributed by atoms with Crippen LogP contribution in [0.15, 0.2) is 95.9 Å². The van der Waals surface area contributed by atoms with Crippen molar-refractivity contribution in [2.45, 2.75) is 64.1 Å². The SMILES string of the molecule is COc1ccc(Cl)cc1N(CC(=O)N(Cc1cccc(C)c1)C(Cc1ccccc1)C(=O)NC(C)(C)C)S(=O)(=O)c1ccc(C)c([N+](=O)[O-])c1. The van der Waals surface area contributed by atoms with Gasteiger partial charge in [0.2, 0.25) is 11.8 Å². The first kappa shape index (κ1) is 37.9. The molecule has 11 nitrogen and oxygen atoms in total. The number of sulfonamides is 1. The van der Waals surface area contributed by atoms with Crippen LogP contribution in [0.1, 0.15) is 43.0 Å². The molecule has 0 saturated heterocycles. The van der Waals surface area contributed by atoms with Gasteiger partial charge in [0.15, 0.2) is 0 Å². The molecule has 1 unspecified atom stereocenters. The minimum Gasteiger partial charge on any atom is -0.495 e. The van der Waals surface area contributed by atoms with Crippen molar-refractivity contribution in [1.29, 1.82) is 0 Å². The number of carbonyl (C=O) groups is 2. The van der Waals surface area contributed by atoms with Crippen LogP contribution < -0.4 is 14.4 Å². The molecular formula is C37H41ClN4O7S. The van der Waals surface area contributed by atoms with E-state index >= 15 is 0 Å². The molecule has 4 aromatic rings. The summed E-state index contributed by atoms with van der Waals surface area (Å²) in [6.07, 6.45) is 0.137. The number of aryl methyl sites for hydroxylation is 2. The van der Waals surface area contributed by atoms with Crippen LogP contribution in [0.2, 0.25) is 5.02 Å². The lowest BCUT2D eigenvalue weighted by Crippen LogP contribution is -2.56. The van der Waals surface area contributed by atoms with Crippen LogP contribution in [0.3, 0.4) is 0 Å². The van der Waals surface area contributed by atoms with Crippen molar-refractivity contribution in [3.8, 4) is 5.75 Å². The van der Waals surface area contributed by atoms with Crippen LogP contribution in [-0.4, -0.2) is 55.3 Å². The van der Waals surface area contributed by atoms with E-state index in [0.29, 0.717) is 0 Å². The zero-order chi connectivity index (χ0) is 36.8. The number of benzene rings is 4. The Balaban J connectivity index is 1.91. The Kier molecular flexibility index (Phi) is 11.9. The van der Waals surface area contributed by atoms with E-state index in [1.165, 1.54) is 49.3 Å². The highest BCUT2D eigenvalue weighted by Gasteiger charge is 2.37. The molecule has 0 aliphatic rings. The average molecular weight is 721 g/mol. The summed E-state index contributed by atoms with van der Waals surface area (Å²) in [5.41, 5.74) is 1.59. The van der Waals surface area contributed by atoms with Crippen molar-refractivity contribution in [2.75, 3.05) is 18.0 Å². The maximum atomic E-state index is 14.8. The number of nitrogens with one attached hydrogen (secondary N) is 1. The molecule has 0 spiro atoms. The van der Waals surface area contributed by atoms with Crippen molar-refractivity contribution >= 4 is 44.8 Å². The quantitative estimate of drug-likeness (QED) is 0.121. The Labute approximate surface area is 298 Å². The molecule has 0 saturated carbocycles. The Bertz CT molecular complexity index is 1980. The first-order chi connectivity index (χ1) is 23.5. The van der Waals surface area contributed by atoms with Crippen LogP contribution >= 0.6 is 11.6 Å². The molecule has 1 N–H and O–H groups in total. The van der Waals surface area contributed by atoms with E-state index in [9.17, 15) is 28.1 Å². The van der Waals surface area contributed by atoms with Crippen LogP contribution in [0.5, 0.6) is 5.75 Å².